The Hall–Kier alpha value is -3.95. The molecule has 2 aromatic carbocycles. The van der Waals surface area contributed by atoms with Crippen LogP contribution in [0, 0.1) is 11.8 Å². The molecule has 0 bridgehead atoms. The Morgan fingerprint density at radius 3 is 2.34 bits per heavy atom. The summed E-state index contributed by atoms with van der Waals surface area (Å²) in [6.07, 6.45) is -4.52. The smallest absolute Gasteiger partial charge is 0.355 e. The van der Waals surface area contributed by atoms with Gasteiger partial charge in [-0.15, -0.1) is 0 Å². The predicted octanol–water partition coefficient (Wildman–Crippen LogP) is 4.05. The maximum Gasteiger partial charge on any atom is 0.417 e. The van der Waals surface area contributed by atoms with Gasteiger partial charge in [0.05, 0.1) is 29.0 Å². The monoisotopic (exact) mass is 629 g/mol. The lowest BCUT2D eigenvalue weighted by Gasteiger charge is -2.34. The van der Waals surface area contributed by atoms with Crippen molar-refractivity contribution in [3.63, 3.8) is 0 Å². The summed E-state index contributed by atoms with van der Waals surface area (Å²) in [7, 11) is 1.51. The highest BCUT2D eigenvalue weighted by atomic mass is 79.9. The van der Waals surface area contributed by atoms with Crippen molar-refractivity contribution in [3.05, 3.63) is 91.1 Å². The zero-order valence-electron chi connectivity index (χ0n) is 22.7. The van der Waals surface area contributed by atoms with E-state index >= 15 is 0 Å². The lowest BCUT2D eigenvalue weighted by molar-refractivity contribution is -0.138. The molecule has 8 nitrogen and oxygen atoms in total. The van der Waals surface area contributed by atoms with Crippen LogP contribution in [0.3, 0.4) is 0 Å². The largest absolute Gasteiger partial charge is 0.417 e. The zero-order chi connectivity index (χ0) is 30.3. The molecule has 214 valence electrons. The Morgan fingerprint density at radius 2 is 1.76 bits per heavy atom. The van der Waals surface area contributed by atoms with Gasteiger partial charge < -0.3 is 16.0 Å². The molecule has 0 spiro atoms. The van der Waals surface area contributed by atoms with E-state index in [4.69, 9.17) is 5.73 Å². The highest BCUT2D eigenvalue weighted by Gasteiger charge is 2.36. The summed E-state index contributed by atoms with van der Waals surface area (Å²) in [5, 5.41) is 2.54. The third kappa shape index (κ3) is 6.36. The molecule has 1 atom stereocenters. The molecule has 1 aliphatic heterocycles. The van der Waals surface area contributed by atoms with Crippen LogP contribution in [0.1, 0.15) is 64.1 Å². The fourth-order valence-electron chi connectivity index (χ4n) is 4.42. The van der Waals surface area contributed by atoms with Crippen LogP contribution < -0.4 is 16.6 Å². The molecule has 3 aromatic rings. The van der Waals surface area contributed by atoms with E-state index in [1.165, 1.54) is 28.6 Å². The van der Waals surface area contributed by atoms with Gasteiger partial charge >= 0.3 is 6.18 Å². The zero-order valence-corrected chi connectivity index (χ0v) is 24.3. The second kappa shape index (κ2) is 11.1. The predicted molar refractivity (Wildman–Crippen MR) is 151 cm³/mol. The molecule has 0 saturated carbocycles. The number of nitrogens with two attached hydrogens (primary N) is 1. The van der Waals surface area contributed by atoms with Crippen LogP contribution in [0.2, 0.25) is 0 Å². The van der Waals surface area contributed by atoms with Gasteiger partial charge in [0.1, 0.15) is 0 Å². The van der Waals surface area contributed by atoms with Crippen molar-refractivity contribution in [1.29, 1.82) is 0 Å². The molecule has 4 rings (SSSR count). The van der Waals surface area contributed by atoms with Crippen LogP contribution in [0.4, 0.5) is 13.2 Å². The van der Waals surface area contributed by atoms with Gasteiger partial charge in [0, 0.05) is 34.3 Å². The Balaban J connectivity index is 1.80. The second-order valence-electron chi connectivity index (χ2n) is 10.3. The number of rotatable bonds is 3. The first-order valence-electron chi connectivity index (χ1n) is 12.6. The molecule has 0 aliphatic carbocycles. The first kappa shape index (κ1) is 30.0. The molecule has 1 aromatic heterocycles. The Kier molecular flexibility index (Phi) is 8.16. The molecule has 3 N–H and O–H groups in total. The number of hydrogen-bond acceptors (Lipinski definition) is 5. The molecule has 2 heterocycles. The highest BCUT2D eigenvalue weighted by Crippen LogP contribution is 2.36. The van der Waals surface area contributed by atoms with Crippen LogP contribution in [0.5, 0.6) is 0 Å². The average molecular weight is 630 g/mol. The number of alkyl halides is 3. The van der Waals surface area contributed by atoms with Gasteiger partial charge in [-0.3, -0.25) is 19.0 Å². The van der Waals surface area contributed by atoms with E-state index in [2.05, 4.69) is 38.1 Å². The van der Waals surface area contributed by atoms with Crippen molar-refractivity contribution in [2.75, 3.05) is 7.05 Å². The molecule has 2 amide bonds. The van der Waals surface area contributed by atoms with E-state index in [-0.39, 0.29) is 34.7 Å². The number of benzene rings is 2. The third-order valence-corrected chi connectivity index (χ3v) is 7.20. The van der Waals surface area contributed by atoms with Gasteiger partial charge in [0.25, 0.3) is 17.4 Å². The summed E-state index contributed by atoms with van der Waals surface area (Å²) in [5.41, 5.74) is 5.13. The maximum atomic E-state index is 13.8. The van der Waals surface area contributed by atoms with Gasteiger partial charge in [-0.25, -0.2) is 4.98 Å². The number of nitrogens with zero attached hydrogens (tertiary/aromatic N) is 3. The lowest BCUT2D eigenvalue weighted by Crippen LogP contribution is -2.46. The van der Waals surface area contributed by atoms with Crippen LogP contribution >= 0.6 is 15.9 Å². The molecule has 0 unspecified atom stereocenters. The molecule has 12 heteroatoms. The van der Waals surface area contributed by atoms with Gasteiger partial charge in [0.2, 0.25) is 0 Å². The van der Waals surface area contributed by atoms with E-state index in [0.717, 1.165) is 6.07 Å². The molecule has 0 saturated heterocycles. The fraction of sp³-hybridized carbons (Fsp3) is 0.310. The fourth-order valence-corrected chi connectivity index (χ4v) is 4.89. The van der Waals surface area contributed by atoms with Gasteiger partial charge in [0.15, 0.2) is 5.82 Å². The van der Waals surface area contributed by atoms with E-state index in [1.54, 1.807) is 45.0 Å². The van der Waals surface area contributed by atoms with Crippen LogP contribution in [-0.4, -0.2) is 44.9 Å². The molecular formula is C29H27BrF3N5O3. The number of amides is 2. The Morgan fingerprint density at radius 1 is 1.12 bits per heavy atom. The first-order valence-corrected chi connectivity index (χ1v) is 13.4. The average Bonchev–Trinajstić information content (AvgIpc) is 2.90. The van der Waals surface area contributed by atoms with Crippen LogP contribution in [0.25, 0.3) is 5.69 Å². The summed E-state index contributed by atoms with van der Waals surface area (Å²) < 4.78 is 41.6. The SMILES string of the molecule is CNC(=O)c1ccc(-n2c(C#CC(C)(C)N)nc3c(c2=O)C[C@@H](C)N(C(=O)c2ccc(Br)c(C(F)(F)F)c2)C3)cc1. The van der Waals surface area contributed by atoms with Crippen molar-refractivity contribution >= 4 is 27.7 Å². The molecule has 0 radical (unpaired) electrons. The lowest BCUT2D eigenvalue weighted by atomic mass is 9.98. The van der Waals surface area contributed by atoms with Crippen molar-refractivity contribution < 1.29 is 22.8 Å². The van der Waals surface area contributed by atoms with Crippen molar-refractivity contribution in [2.24, 2.45) is 5.73 Å². The van der Waals surface area contributed by atoms with Crippen molar-refractivity contribution in [1.82, 2.24) is 19.8 Å². The van der Waals surface area contributed by atoms with Gasteiger partial charge in [-0.1, -0.05) is 21.9 Å². The first-order chi connectivity index (χ1) is 19.1. The van der Waals surface area contributed by atoms with Crippen molar-refractivity contribution in [2.45, 2.75) is 51.5 Å². The number of carbonyl (C=O) groups is 2. The minimum absolute atomic E-state index is 0.0740. The van der Waals surface area contributed by atoms with E-state index in [1.807, 2.05) is 0 Å². The van der Waals surface area contributed by atoms with E-state index in [9.17, 15) is 27.6 Å². The summed E-state index contributed by atoms with van der Waals surface area (Å²) in [6, 6.07) is 9.15. The minimum Gasteiger partial charge on any atom is -0.355 e. The maximum absolute atomic E-state index is 13.8. The molecule has 41 heavy (non-hydrogen) atoms. The summed E-state index contributed by atoms with van der Waals surface area (Å²) in [6.45, 7) is 5.00. The number of aromatic nitrogens is 2. The Labute approximate surface area is 242 Å². The van der Waals surface area contributed by atoms with Crippen LogP contribution in [-0.2, 0) is 19.1 Å². The highest BCUT2D eigenvalue weighted by molar-refractivity contribution is 9.10. The normalized spacial score (nSPS) is 15.0. The summed E-state index contributed by atoms with van der Waals surface area (Å²) >= 11 is 2.90. The van der Waals surface area contributed by atoms with Crippen LogP contribution in [0.15, 0.2) is 51.7 Å². The number of fused-ring (bicyclic) bond motifs is 1. The molecule has 1 aliphatic rings. The second-order valence-corrected chi connectivity index (χ2v) is 11.1. The van der Waals surface area contributed by atoms with Gasteiger partial charge in [-0.2, -0.15) is 13.2 Å². The summed E-state index contributed by atoms with van der Waals surface area (Å²) in [5.74, 6) is 4.91. The van der Waals surface area contributed by atoms with Gasteiger partial charge in [-0.05, 0) is 75.6 Å². The molecule has 0 fully saturated rings. The summed E-state index contributed by atoms with van der Waals surface area (Å²) in [4.78, 5) is 45.2. The number of carbonyl (C=O) groups excluding carboxylic acids is 2. The Bertz CT molecular complexity index is 1650. The molecular weight excluding hydrogens is 603 g/mol. The standard InChI is InChI=1S/C29H27BrF3N5O3/c1-16-13-20-23(15-37(16)26(40)18-7-10-22(30)21(14-18)29(31,32)33)36-24(11-12-28(2,3)34)38(27(20)41)19-8-5-17(6-9-19)25(39)35-4/h5-10,14,16H,13,15,34H2,1-4H3,(H,35,39)/t16-/m1/s1. The van der Waals surface area contributed by atoms with E-state index in [0.29, 0.717) is 22.5 Å². The minimum atomic E-state index is -4.65. The number of nitrogens with one attached hydrogen (secondary N) is 1. The van der Waals surface area contributed by atoms with E-state index < -0.39 is 34.8 Å². The quantitative estimate of drug-likeness (QED) is 0.425. The number of hydrogen-bond donors (Lipinski definition) is 2. The number of halogens is 4. The van der Waals surface area contributed by atoms with Crippen molar-refractivity contribution in [3.8, 4) is 17.5 Å². The third-order valence-electron chi connectivity index (χ3n) is 6.50. The topological polar surface area (TPSA) is 110 Å².